The standard InChI is InChI=1S/C10H14O.C8H11NO.C8H10S.C7H9NO.C6H10N4.C6H9N3.C6H10N2.C6H9NO.C6H9NS.C6H7NS/c1-3-9(2)4-5-10-6-7-11-8-10;1-2-3-4-5-8-9-6-7-10-8;1-2-3-4-8-5-6-9-7-8;1-2-3-4-7-8-5-6-9-7;1-2-3-4-5-6-7-9-10-8-6;1-2-3-4-6-5-7-9-8-6;1-2-3-6-7-4-5-8-6;1-2-3-6-4-7-8-5-6;2*1-2-3-6-7-4-5-8-6/h3,6-8H,4-5H2,1-2H3;2-3,6-7H,4-5H2,1H3;2-3,5-7H,4H2,1H3;2-3,5-6H,4H2,1H3;2-3H,4-5H2,1H3,(H,7,8,9,10);2-3,5H,4H2,1H3,(H,7,8,9);4-5H,2-3H2,1H3,(H,7,8);2*4-5H,2-3H2,1H3;2-5H,1H3/b9-3+;5*3-2+;;;;3-2+. The molecule has 0 atom stereocenters. The fourth-order valence-electron chi connectivity index (χ4n) is 6.50. The number of hydrogen-bond donors (Lipinski definition) is 3. The van der Waals surface area contributed by atoms with Gasteiger partial charge in [-0.25, -0.2) is 24.9 Å². The third kappa shape index (κ3) is 46.6. The molecule has 0 saturated heterocycles. The molecule has 0 aliphatic heterocycles. The zero-order valence-electron chi connectivity index (χ0n) is 54.9. The number of thiazole rings is 2. The number of nitrogens with one attached hydrogen (secondary N) is 3. The number of aromatic amines is 3. The molecule has 0 unspecified atom stereocenters. The molecular formula is C69H98N14O4S3. The summed E-state index contributed by atoms with van der Waals surface area (Å²) in [6, 6.07) is 4.17. The second-order valence-electron chi connectivity index (χ2n) is 18.7. The summed E-state index contributed by atoms with van der Waals surface area (Å²) in [7, 11) is 0. The lowest BCUT2D eigenvalue weighted by atomic mass is 10.1. The smallest absolute Gasteiger partial charge is 0.197 e. The molecule has 10 aromatic heterocycles. The highest BCUT2D eigenvalue weighted by Crippen LogP contribution is 2.10. The van der Waals surface area contributed by atoms with Crippen molar-refractivity contribution >= 4 is 40.1 Å². The molecule has 0 bridgehead atoms. The van der Waals surface area contributed by atoms with E-state index in [4.69, 9.17) is 13.3 Å². The minimum atomic E-state index is 0.771. The Hall–Kier alpha value is -8.53. The van der Waals surface area contributed by atoms with Gasteiger partial charge in [0.05, 0.1) is 48.0 Å². The number of imidazole rings is 1. The molecular weight excluding hydrogens is 1190 g/mol. The van der Waals surface area contributed by atoms with Crippen LogP contribution >= 0.6 is 34.0 Å². The van der Waals surface area contributed by atoms with Crippen LogP contribution in [0, 0.1) is 0 Å². The summed E-state index contributed by atoms with van der Waals surface area (Å²) in [6.45, 7) is 22.7. The molecule has 0 aliphatic rings. The molecule has 21 heteroatoms. The number of allylic oxidation sites excluding steroid dienone is 13. The number of rotatable bonds is 22. The molecule has 0 fully saturated rings. The van der Waals surface area contributed by atoms with E-state index in [2.05, 4.69) is 157 Å². The van der Waals surface area contributed by atoms with Crippen LogP contribution in [-0.2, 0) is 57.8 Å². The molecule has 10 aromatic rings. The van der Waals surface area contributed by atoms with E-state index in [1.165, 1.54) is 33.7 Å². The minimum absolute atomic E-state index is 0.771. The molecule has 3 N–H and O–H groups in total. The predicted molar refractivity (Wildman–Crippen MR) is 372 cm³/mol. The molecule has 0 saturated carbocycles. The Morgan fingerprint density at radius 1 is 0.567 bits per heavy atom. The van der Waals surface area contributed by atoms with Gasteiger partial charge < -0.3 is 22.8 Å². The maximum atomic E-state index is 5.04. The first-order valence-corrected chi connectivity index (χ1v) is 33.2. The number of oxazole rings is 2. The van der Waals surface area contributed by atoms with Gasteiger partial charge in [-0.15, -0.1) is 32.9 Å². The fraction of sp³-hybridized carbons (Fsp3) is 0.377. The Balaban J connectivity index is 0.000000501. The van der Waals surface area contributed by atoms with Crippen molar-refractivity contribution in [2.75, 3.05) is 0 Å². The quantitative estimate of drug-likeness (QED) is 0.0535. The second-order valence-corrected chi connectivity index (χ2v) is 21.4. The third-order valence-electron chi connectivity index (χ3n) is 11.3. The summed E-state index contributed by atoms with van der Waals surface area (Å²) in [5.41, 5.74) is 6.30. The Kier molecular flexibility index (Phi) is 52.5. The summed E-state index contributed by atoms with van der Waals surface area (Å²) in [6.07, 6.45) is 64.6. The third-order valence-corrected chi connectivity index (χ3v) is 13.6. The van der Waals surface area contributed by atoms with Crippen LogP contribution in [0.4, 0.5) is 0 Å². The lowest BCUT2D eigenvalue weighted by Crippen LogP contribution is -1.85. The largest absolute Gasteiger partial charge is 0.472 e. The maximum absolute atomic E-state index is 5.04. The van der Waals surface area contributed by atoms with Gasteiger partial charge in [0.2, 0.25) is 0 Å². The van der Waals surface area contributed by atoms with Crippen molar-refractivity contribution in [1.82, 2.24) is 71.1 Å². The van der Waals surface area contributed by atoms with E-state index < -0.39 is 0 Å². The summed E-state index contributed by atoms with van der Waals surface area (Å²) < 4.78 is 19.6. The van der Waals surface area contributed by atoms with Crippen LogP contribution < -0.4 is 0 Å². The minimum Gasteiger partial charge on any atom is -0.472 e. The second kappa shape index (κ2) is 59.4. The highest BCUT2D eigenvalue weighted by Gasteiger charge is 1.97. The number of hydrogen-bond acceptors (Lipinski definition) is 18. The Morgan fingerprint density at radius 2 is 1.27 bits per heavy atom. The van der Waals surface area contributed by atoms with Gasteiger partial charge in [-0.1, -0.05) is 116 Å². The normalized spacial score (nSPS) is 10.6. The number of aromatic nitrogens is 14. The van der Waals surface area contributed by atoms with E-state index in [1.54, 1.807) is 96.2 Å². The van der Waals surface area contributed by atoms with Crippen LogP contribution in [0.1, 0.15) is 171 Å². The Bertz CT molecular complexity index is 2890. The van der Waals surface area contributed by atoms with E-state index in [0.717, 1.165) is 124 Å². The van der Waals surface area contributed by atoms with Crippen molar-refractivity contribution in [2.45, 2.75) is 172 Å². The van der Waals surface area contributed by atoms with E-state index in [1.807, 2.05) is 126 Å². The highest BCUT2D eigenvalue weighted by molar-refractivity contribution is 7.10. The highest BCUT2D eigenvalue weighted by atomic mass is 32.1. The number of furan rings is 1. The zero-order chi connectivity index (χ0) is 65.4. The van der Waals surface area contributed by atoms with Gasteiger partial charge in [-0.05, 0) is 153 Å². The summed E-state index contributed by atoms with van der Waals surface area (Å²) in [4.78, 5) is 23.2. The molecule has 0 spiro atoms. The number of aryl methyl sites for hydroxylation is 6. The molecule has 90 heavy (non-hydrogen) atoms. The van der Waals surface area contributed by atoms with Gasteiger partial charge >= 0.3 is 0 Å². The molecule has 486 valence electrons. The number of nitrogens with zero attached hydrogens (tertiary/aromatic N) is 11. The fourth-order valence-corrected chi connectivity index (χ4v) is 8.50. The van der Waals surface area contributed by atoms with Crippen LogP contribution in [0.15, 0.2) is 211 Å². The Morgan fingerprint density at radius 3 is 1.79 bits per heavy atom. The van der Waals surface area contributed by atoms with Crippen molar-refractivity contribution in [2.24, 2.45) is 0 Å². The number of tetrazole rings is 1. The first-order chi connectivity index (χ1) is 44.2. The van der Waals surface area contributed by atoms with Crippen LogP contribution in [0.3, 0.4) is 0 Å². The van der Waals surface area contributed by atoms with E-state index >= 15 is 0 Å². The van der Waals surface area contributed by atoms with Crippen LogP contribution in [0.5, 0.6) is 0 Å². The van der Waals surface area contributed by atoms with Crippen LogP contribution in [0.2, 0.25) is 0 Å². The first kappa shape index (κ1) is 79.5. The van der Waals surface area contributed by atoms with Gasteiger partial charge in [0.15, 0.2) is 17.6 Å². The van der Waals surface area contributed by atoms with Gasteiger partial charge in [-0.2, -0.15) is 32.0 Å². The average Bonchev–Trinajstić information content (AvgIpc) is 4.40. The van der Waals surface area contributed by atoms with Gasteiger partial charge in [-0.3, -0.25) is 0 Å². The van der Waals surface area contributed by atoms with E-state index in [-0.39, 0.29) is 0 Å². The lowest BCUT2D eigenvalue weighted by molar-refractivity contribution is 0.419. The van der Waals surface area contributed by atoms with E-state index in [0.29, 0.717) is 0 Å². The lowest BCUT2D eigenvalue weighted by Gasteiger charge is -1.96. The van der Waals surface area contributed by atoms with Crippen molar-refractivity contribution in [1.29, 1.82) is 0 Å². The van der Waals surface area contributed by atoms with Gasteiger partial charge in [0.25, 0.3) is 0 Å². The van der Waals surface area contributed by atoms with E-state index in [9.17, 15) is 0 Å². The molecule has 18 nitrogen and oxygen atoms in total. The van der Waals surface area contributed by atoms with Crippen molar-refractivity contribution in [3.8, 4) is 0 Å². The van der Waals surface area contributed by atoms with Gasteiger partial charge in [0.1, 0.15) is 29.6 Å². The molecule has 10 rings (SSSR count). The number of thiophene rings is 1. The van der Waals surface area contributed by atoms with Crippen LogP contribution in [0.25, 0.3) is 6.08 Å². The first-order valence-electron chi connectivity index (χ1n) is 30.5. The topological polar surface area (TPSA) is 242 Å². The molecule has 0 aliphatic carbocycles. The predicted octanol–water partition coefficient (Wildman–Crippen LogP) is 18.9. The Labute approximate surface area is 547 Å². The molecule has 10 heterocycles. The molecule has 0 radical (unpaired) electrons. The number of H-pyrrole nitrogens is 3. The van der Waals surface area contributed by atoms with Crippen molar-refractivity contribution in [3.63, 3.8) is 0 Å². The summed E-state index contributed by atoms with van der Waals surface area (Å²) in [5.74, 6) is 3.46. The van der Waals surface area contributed by atoms with Crippen LogP contribution in [-0.4, -0.2) is 71.1 Å². The monoisotopic (exact) mass is 1280 g/mol. The van der Waals surface area contributed by atoms with Gasteiger partial charge in [0, 0.05) is 73.2 Å². The van der Waals surface area contributed by atoms with Crippen molar-refractivity contribution < 1.29 is 17.8 Å². The molecule has 0 aromatic carbocycles. The average molecular weight is 1280 g/mol. The van der Waals surface area contributed by atoms with Crippen molar-refractivity contribution in [3.05, 3.63) is 249 Å². The SMILES string of the molecule is C/C=C(\C)CCc1ccoc1.C/C=C/CCc1ncco1.C/C=C/CCc1nn[nH]n1.C/C=C/Cc1ccsc1.C/C=C/Cc1cn[nH]n1.C/C=C/Cc1ncco1.C/C=C/c1nccs1.CCCc1cnoc1.CCCc1ncc[nH]1.CCCc1nccs1. The summed E-state index contributed by atoms with van der Waals surface area (Å²) in [5, 5.41) is 37.7. The summed E-state index contributed by atoms with van der Waals surface area (Å²) >= 11 is 5.14. The zero-order valence-corrected chi connectivity index (χ0v) is 57.3. The molecule has 0 amide bonds. The maximum Gasteiger partial charge on any atom is 0.197 e.